The normalized spacial score (nSPS) is 33.0. The van der Waals surface area contributed by atoms with Gasteiger partial charge < -0.3 is 19.6 Å². The number of piperidine rings is 1. The van der Waals surface area contributed by atoms with E-state index in [-0.39, 0.29) is 0 Å². The van der Waals surface area contributed by atoms with Crippen LogP contribution in [0.15, 0.2) is 24.3 Å². The van der Waals surface area contributed by atoms with Gasteiger partial charge in [-0.1, -0.05) is 37.1 Å². The van der Waals surface area contributed by atoms with Crippen molar-refractivity contribution in [2.24, 2.45) is 5.92 Å². The zero-order valence-electron chi connectivity index (χ0n) is 13.6. The van der Waals surface area contributed by atoms with Crippen molar-refractivity contribution in [3.05, 3.63) is 35.4 Å². The third-order valence-corrected chi connectivity index (χ3v) is 6.02. The van der Waals surface area contributed by atoms with Crippen molar-refractivity contribution in [3.63, 3.8) is 0 Å². The molecule has 1 aromatic carbocycles. The van der Waals surface area contributed by atoms with E-state index >= 15 is 0 Å². The van der Waals surface area contributed by atoms with Crippen molar-refractivity contribution in [2.75, 3.05) is 13.6 Å². The zero-order valence-corrected chi connectivity index (χ0v) is 14.5. The Hall–Kier alpha value is -0.710. The number of fused-ring (bicyclic) bond motifs is 1. The van der Waals surface area contributed by atoms with Crippen LogP contribution in [0.5, 0.6) is 0 Å². The van der Waals surface area contributed by atoms with Crippen molar-refractivity contribution in [1.82, 2.24) is 4.90 Å². The molecule has 0 radical (unpaired) electrons. The number of rotatable bonds is 0. The third kappa shape index (κ3) is 3.40. The average Bonchev–Trinajstić information content (AvgIpc) is 2.49. The minimum atomic E-state index is -4.64. The van der Waals surface area contributed by atoms with Gasteiger partial charge in [-0.25, -0.2) is 4.57 Å². The van der Waals surface area contributed by atoms with E-state index in [2.05, 4.69) is 36.2 Å². The van der Waals surface area contributed by atoms with Gasteiger partial charge in [0.25, 0.3) is 0 Å². The largest absolute Gasteiger partial charge is 0.466 e. The van der Waals surface area contributed by atoms with Gasteiger partial charge in [-0.05, 0) is 56.3 Å². The summed E-state index contributed by atoms with van der Waals surface area (Å²) in [5.41, 5.74) is 3.91. The smallest absolute Gasteiger partial charge is 0.303 e. The molecule has 3 aliphatic rings. The molecule has 0 amide bonds. The molecule has 1 aromatic rings. The fourth-order valence-electron chi connectivity index (χ4n) is 5.16. The van der Waals surface area contributed by atoms with Crippen LogP contribution in [0.3, 0.4) is 0 Å². The lowest BCUT2D eigenvalue weighted by Gasteiger charge is -2.58. The highest BCUT2D eigenvalue weighted by atomic mass is 31.2. The molecule has 0 spiro atoms. The molecule has 4 rings (SSSR count). The average molecular weight is 339 g/mol. The molecule has 1 aliphatic heterocycles. The number of benzene rings is 1. The molecule has 6 heteroatoms. The van der Waals surface area contributed by atoms with E-state index in [1.165, 1.54) is 45.1 Å². The molecular formula is C17H26NO4P. The summed E-state index contributed by atoms with van der Waals surface area (Å²) in [6.07, 6.45) is 8.49. The van der Waals surface area contributed by atoms with E-state index < -0.39 is 7.82 Å². The van der Waals surface area contributed by atoms with Crippen LogP contribution in [0, 0.1) is 5.92 Å². The van der Waals surface area contributed by atoms with E-state index in [4.69, 9.17) is 19.2 Å². The maximum Gasteiger partial charge on any atom is 0.466 e. The quantitative estimate of drug-likeness (QED) is 0.633. The summed E-state index contributed by atoms with van der Waals surface area (Å²) in [4.78, 5) is 24.2. The Balaban J connectivity index is 0.000000276. The molecule has 0 aromatic heterocycles. The number of hydrogen-bond donors (Lipinski definition) is 3. The van der Waals surface area contributed by atoms with Crippen LogP contribution in [0.25, 0.3) is 0 Å². The summed E-state index contributed by atoms with van der Waals surface area (Å²) in [6.45, 7) is 1.30. The fraction of sp³-hybridized carbons (Fsp3) is 0.647. The van der Waals surface area contributed by atoms with Gasteiger partial charge in [-0.15, -0.1) is 0 Å². The molecule has 128 valence electrons. The van der Waals surface area contributed by atoms with Crippen LogP contribution in [-0.4, -0.2) is 39.2 Å². The fourth-order valence-corrected chi connectivity index (χ4v) is 5.16. The lowest BCUT2D eigenvalue weighted by Crippen LogP contribution is -2.59. The van der Waals surface area contributed by atoms with Crippen LogP contribution in [-0.2, 0) is 16.4 Å². The molecule has 3 atom stereocenters. The lowest BCUT2D eigenvalue weighted by molar-refractivity contribution is 0.00286. The Bertz CT molecular complexity index is 608. The van der Waals surface area contributed by atoms with Gasteiger partial charge in [0.2, 0.25) is 0 Å². The summed E-state index contributed by atoms with van der Waals surface area (Å²) < 4.78 is 8.88. The van der Waals surface area contributed by atoms with Crippen LogP contribution < -0.4 is 0 Å². The minimum Gasteiger partial charge on any atom is -0.303 e. The van der Waals surface area contributed by atoms with Crippen molar-refractivity contribution in [1.29, 1.82) is 0 Å². The predicted octanol–water partition coefficient (Wildman–Crippen LogP) is 2.45. The molecule has 1 heterocycles. The lowest BCUT2D eigenvalue weighted by atomic mass is 9.52. The van der Waals surface area contributed by atoms with E-state index in [1.54, 1.807) is 11.1 Å². The van der Waals surface area contributed by atoms with Gasteiger partial charge in [-0.3, -0.25) is 0 Å². The van der Waals surface area contributed by atoms with Gasteiger partial charge in [-0.2, -0.15) is 0 Å². The van der Waals surface area contributed by atoms with Gasteiger partial charge in [0.05, 0.1) is 0 Å². The first-order chi connectivity index (χ1) is 10.8. The molecule has 2 fully saturated rings. The van der Waals surface area contributed by atoms with Crippen molar-refractivity contribution >= 4 is 7.82 Å². The van der Waals surface area contributed by atoms with Gasteiger partial charge in [0, 0.05) is 11.5 Å². The Labute approximate surface area is 137 Å². The van der Waals surface area contributed by atoms with Gasteiger partial charge in [0.1, 0.15) is 0 Å². The number of hydrogen-bond acceptors (Lipinski definition) is 2. The molecule has 2 bridgehead atoms. The Kier molecular flexibility index (Phi) is 4.69. The summed E-state index contributed by atoms with van der Waals surface area (Å²) in [6, 6.07) is 10.1. The number of nitrogens with zero attached hydrogens (tertiary/aromatic N) is 1. The second kappa shape index (κ2) is 6.30. The Morgan fingerprint density at radius 2 is 1.87 bits per heavy atom. The van der Waals surface area contributed by atoms with Crippen LogP contribution >= 0.6 is 7.82 Å². The molecular weight excluding hydrogens is 313 g/mol. The highest BCUT2D eigenvalue weighted by Crippen LogP contribution is 2.55. The monoisotopic (exact) mass is 339 g/mol. The molecule has 5 nitrogen and oxygen atoms in total. The van der Waals surface area contributed by atoms with Crippen molar-refractivity contribution < 1.29 is 19.2 Å². The Morgan fingerprint density at radius 1 is 1.17 bits per heavy atom. The first-order valence-corrected chi connectivity index (χ1v) is 9.95. The van der Waals surface area contributed by atoms with Crippen LogP contribution in [0.4, 0.5) is 0 Å². The van der Waals surface area contributed by atoms with Crippen molar-refractivity contribution in [2.45, 2.75) is 50.0 Å². The standard InChI is InChI=1S/C17H23N.H3O4P/c1-18-11-10-17-9-5-4-8-15(17)16(18)12-13-6-2-3-7-14(13)17;1-5(2,3)4/h2-3,6-7,15-16H,4-5,8-12H2,1H3;(H3,1,2,3,4)/t15-,16-,17+;/m0./s1. The molecule has 1 saturated heterocycles. The van der Waals surface area contributed by atoms with Gasteiger partial charge in [0.15, 0.2) is 0 Å². The maximum atomic E-state index is 8.88. The molecule has 3 N–H and O–H groups in total. The summed E-state index contributed by atoms with van der Waals surface area (Å²) in [5, 5.41) is 0. The van der Waals surface area contributed by atoms with E-state index in [0.717, 1.165) is 12.0 Å². The second-order valence-electron chi connectivity index (χ2n) is 7.18. The number of phosphoric acid groups is 1. The zero-order chi connectivity index (χ0) is 16.7. The maximum absolute atomic E-state index is 8.88. The van der Waals surface area contributed by atoms with E-state index in [9.17, 15) is 0 Å². The first kappa shape index (κ1) is 17.1. The molecule has 0 unspecified atom stereocenters. The second-order valence-corrected chi connectivity index (χ2v) is 8.21. The number of likely N-dealkylation sites (tertiary alicyclic amines) is 1. The van der Waals surface area contributed by atoms with E-state index in [1.807, 2.05) is 0 Å². The minimum absolute atomic E-state index is 0.546. The predicted molar refractivity (Wildman–Crippen MR) is 89.1 cm³/mol. The number of likely N-dealkylation sites (N-methyl/N-ethyl adjacent to an activating group) is 1. The summed E-state index contributed by atoms with van der Waals surface area (Å²) in [5.74, 6) is 0.930. The van der Waals surface area contributed by atoms with E-state index in [0.29, 0.717) is 5.41 Å². The molecule has 2 aliphatic carbocycles. The summed E-state index contributed by atoms with van der Waals surface area (Å²) >= 11 is 0. The third-order valence-electron chi connectivity index (χ3n) is 6.02. The Morgan fingerprint density at radius 3 is 2.61 bits per heavy atom. The molecule has 23 heavy (non-hydrogen) atoms. The van der Waals surface area contributed by atoms with Gasteiger partial charge >= 0.3 is 7.82 Å². The highest BCUT2D eigenvalue weighted by Gasteiger charge is 2.52. The van der Waals surface area contributed by atoms with Crippen LogP contribution in [0.2, 0.25) is 0 Å². The summed E-state index contributed by atoms with van der Waals surface area (Å²) in [7, 11) is -2.29. The van der Waals surface area contributed by atoms with Crippen molar-refractivity contribution in [3.8, 4) is 0 Å². The SMILES string of the molecule is CN1CC[C@@]23CCCC[C@H]2[C@@H]1Cc1ccccc13.O=P(O)(O)O. The first-order valence-electron chi connectivity index (χ1n) is 8.38. The molecule has 1 saturated carbocycles. The highest BCUT2D eigenvalue weighted by molar-refractivity contribution is 7.45. The van der Waals surface area contributed by atoms with Crippen LogP contribution in [0.1, 0.15) is 43.2 Å². The topological polar surface area (TPSA) is 81.0 Å².